The summed E-state index contributed by atoms with van der Waals surface area (Å²) in [4.78, 5) is 20.2. The van der Waals surface area contributed by atoms with Crippen molar-refractivity contribution in [3.8, 4) is 11.3 Å². The summed E-state index contributed by atoms with van der Waals surface area (Å²) in [6.45, 7) is 6.15. The monoisotopic (exact) mass is 362 g/mol. The van der Waals surface area contributed by atoms with Gasteiger partial charge < -0.3 is 9.42 Å². The van der Waals surface area contributed by atoms with E-state index in [-0.39, 0.29) is 5.78 Å². The highest BCUT2D eigenvalue weighted by Crippen LogP contribution is 2.21. The van der Waals surface area contributed by atoms with Crippen molar-refractivity contribution in [2.45, 2.75) is 13.5 Å². The highest BCUT2D eigenvalue weighted by Gasteiger charge is 2.19. The third kappa shape index (κ3) is 4.06. The number of hydrogen-bond donors (Lipinski definition) is 0. The molecule has 0 N–H and O–H groups in total. The summed E-state index contributed by atoms with van der Waals surface area (Å²) in [6.07, 6.45) is 3.54. The highest BCUT2D eigenvalue weighted by molar-refractivity contribution is 5.94. The molecule has 1 saturated heterocycles. The number of rotatable bonds is 5. The molecule has 27 heavy (non-hydrogen) atoms. The van der Waals surface area contributed by atoms with Crippen LogP contribution >= 0.6 is 0 Å². The molecular formula is C21H22N4O2. The second kappa shape index (κ2) is 7.72. The van der Waals surface area contributed by atoms with Crippen molar-refractivity contribution >= 4 is 11.5 Å². The third-order valence-electron chi connectivity index (χ3n) is 4.91. The van der Waals surface area contributed by atoms with Gasteiger partial charge in [0.25, 0.3) is 0 Å². The van der Waals surface area contributed by atoms with Gasteiger partial charge in [-0.15, -0.1) is 0 Å². The van der Waals surface area contributed by atoms with Crippen LogP contribution in [0.1, 0.15) is 23.0 Å². The maximum absolute atomic E-state index is 11.4. The lowest BCUT2D eigenvalue weighted by atomic mass is 10.1. The average molecular weight is 362 g/mol. The Hall–Kier alpha value is -2.99. The number of anilines is 1. The predicted octanol–water partition coefficient (Wildman–Crippen LogP) is 3.26. The van der Waals surface area contributed by atoms with E-state index in [0.717, 1.165) is 61.0 Å². The lowest BCUT2D eigenvalue weighted by Gasteiger charge is -2.35. The number of Topliss-reactive ketones (excluding diaryl/α,β-unsaturated/α-hetero) is 1. The van der Waals surface area contributed by atoms with E-state index >= 15 is 0 Å². The number of nitrogens with zero attached hydrogens (tertiary/aromatic N) is 4. The fourth-order valence-electron chi connectivity index (χ4n) is 3.33. The summed E-state index contributed by atoms with van der Waals surface area (Å²) in [5, 5.41) is 4.16. The second-order valence-electron chi connectivity index (χ2n) is 6.79. The van der Waals surface area contributed by atoms with Crippen molar-refractivity contribution in [2.75, 3.05) is 31.1 Å². The fourth-order valence-corrected chi connectivity index (χ4v) is 3.33. The summed E-state index contributed by atoms with van der Waals surface area (Å²) >= 11 is 0. The SMILES string of the molecule is CC(=O)c1ccc(N2CCN(Cc3cc(-c4cccnc4)no3)CC2)cc1. The molecule has 3 heterocycles. The van der Waals surface area contributed by atoms with Gasteiger partial charge in [0, 0.05) is 61.5 Å². The maximum Gasteiger partial charge on any atom is 0.159 e. The van der Waals surface area contributed by atoms with Crippen LogP contribution < -0.4 is 4.90 Å². The molecule has 0 bridgehead atoms. The van der Waals surface area contributed by atoms with Crippen LogP contribution in [0.25, 0.3) is 11.3 Å². The Kier molecular flexibility index (Phi) is 4.98. The van der Waals surface area contributed by atoms with Crippen molar-refractivity contribution in [3.63, 3.8) is 0 Å². The van der Waals surface area contributed by atoms with Gasteiger partial charge in [-0.1, -0.05) is 5.16 Å². The normalized spacial score (nSPS) is 15.1. The highest BCUT2D eigenvalue weighted by atomic mass is 16.5. The van der Waals surface area contributed by atoms with Crippen LogP contribution in [0.2, 0.25) is 0 Å². The summed E-state index contributed by atoms with van der Waals surface area (Å²) in [6, 6.07) is 13.7. The van der Waals surface area contributed by atoms with Crippen LogP contribution in [0.15, 0.2) is 59.4 Å². The minimum absolute atomic E-state index is 0.101. The van der Waals surface area contributed by atoms with Crippen LogP contribution in [0.5, 0.6) is 0 Å². The van der Waals surface area contributed by atoms with E-state index < -0.39 is 0 Å². The Morgan fingerprint density at radius 3 is 2.56 bits per heavy atom. The summed E-state index contributed by atoms with van der Waals surface area (Å²) in [5.74, 6) is 0.970. The molecule has 1 aromatic carbocycles. The molecule has 138 valence electrons. The van der Waals surface area contributed by atoms with Gasteiger partial charge in [-0.05, 0) is 43.3 Å². The van der Waals surface area contributed by atoms with Gasteiger partial charge in [0.05, 0.1) is 6.54 Å². The summed E-state index contributed by atoms with van der Waals surface area (Å²) in [7, 11) is 0. The lowest BCUT2D eigenvalue weighted by molar-refractivity contribution is 0.101. The Balaban J connectivity index is 1.33. The lowest BCUT2D eigenvalue weighted by Crippen LogP contribution is -2.45. The van der Waals surface area contributed by atoms with E-state index in [1.165, 1.54) is 0 Å². The number of ketones is 1. The molecule has 0 atom stereocenters. The van der Waals surface area contributed by atoms with E-state index in [0.29, 0.717) is 0 Å². The third-order valence-corrected chi connectivity index (χ3v) is 4.91. The fraction of sp³-hybridized carbons (Fsp3) is 0.286. The quantitative estimate of drug-likeness (QED) is 0.649. The molecule has 6 heteroatoms. The zero-order valence-electron chi connectivity index (χ0n) is 15.3. The van der Waals surface area contributed by atoms with Crippen molar-refractivity contribution < 1.29 is 9.32 Å². The molecule has 0 radical (unpaired) electrons. The number of piperazine rings is 1. The molecule has 0 unspecified atom stereocenters. The van der Waals surface area contributed by atoms with Gasteiger partial charge in [0.1, 0.15) is 5.69 Å². The molecule has 1 aliphatic rings. The number of carbonyl (C=O) groups is 1. The minimum atomic E-state index is 0.101. The van der Waals surface area contributed by atoms with Crippen LogP contribution in [0, 0.1) is 0 Å². The molecule has 0 spiro atoms. The van der Waals surface area contributed by atoms with Gasteiger partial charge in [-0.25, -0.2) is 0 Å². The van der Waals surface area contributed by atoms with Gasteiger partial charge in [-0.2, -0.15) is 0 Å². The van der Waals surface area contributed by atoms with Crippen molar-refractivity contribution in [2.24, 2.45) is 0 Å². The molecule has 0 saturated carbocycles. The smallest absolute Gasteiger partial charge is 0.159 e. The molecule has 6 nitrogen and oxygen atoms in total. The van der Waals surface area contributed by atoms with E-state index in [1.807, 2.05) is 42.5 Å². The largest absolute Gasteiger partial charge is 0.369 e. The second-order valence-corrected chi connectivity index (χ2v) is 6.79. The van der Waals surface area contributed by atoms with Gasteiger partial charge in [-0.3, -0.25) is 14.7 Å². The minimum Gasteiger partial charge on any atom is -0.369 e. The van der Waals surface area contributed by atoms with E-state index in [9.17, 15) is 4.79 Å². The first-order valence-electron chi connectivity index (χ1n) is 9.13. The molecule has 0 aliphatic carbocycles. The summed E-state index contributed by atoms with van der Waals surface area (Å²) < 4.78 is 5.50. The van der Waals surface area contributed by atoms with Crippen LogP contribution in [-0.4, -0.2) is 47.0 Å². The Morgan fingerprint density at radius 2 is 1.89 bits per heavy atom. The Bertz CT molecular complexity index is 897. The Labute approximate surface area is 158 Å². The van der Waals surface area contributed by atoms with Gasteiger partial charge in [0.2, 0.25) is 0 Å². The molecule has 3 aromatic rings. The topological polar surface area (TPSA) is 62.5 Å². The van der Waals surface area contributed by atoms with Gasteiger partial charge >= 0.3 is 0 Å². The number of aromatic nitrogens is 2. The zero-order chi connectivity index (χ0) is 18.6. The molecular weight excluding hydrogens is 340 g/mol. The van der Waals surface area contributed by atoms with E-state index in [1.54, 1.807) is 19.3 Å². The Morgan fingerprint density at radius 1 is 1.11 bits per heavy atom. The van der Waals surface area contributed by atoms with Gasteiger partial charge in [0.15, 0.2) is 11.5 Å². The number of hydrogen-bond acceptors (Lipinski definition) is 6. The van der Waals surface area contributed by atoms with Crippen LogP contribution in [0.3, 0.4) is 0 Å². The molecule has 0 amide bonds. The number of pyridine rings is 1. The summed E-state index contributed by atoms with van der Waals surface area (Å²) in [5.41, 5.74) is 3.71. The van der Waals surface area contributed by atoms with Crippen molar-refractivity contribution in [1.82, 2.24) is 15.0 Å². The molecule has 4 rings (SSSR count). The van der Waals surface area contributed by atoms with Crippen LogP contribution in [-0.2, 0) is 6.54 Å². The molecule has 2 aromatic heterocycles. The molecule has 1 fully saturated rings. The maximum atomic E-state index is 11.4. The number of benzene rings is 1. The van der Waals surface area contributed by atoms with E-state index in [2.05, 4.69) is 19.9 Å². The first-order valence-corrected chi connectivity index (χ1v) is 9.13. The predicted molar refractivity (Wildman–Crippen MR) is 104 cm³/mol. The number of carbonyl (C=O) groups excluding carboxylic acids is 1. The molecule has 1 aliphatic heterocycles. The zero-order valence-corrected chi connectivity index (χ0v) is 15.3. The van der Waals surface area contributed by atoms with Crippen molar-refractivity contribution in [3.05, 3.63) is 66.2 Å². The van der Waals surface area contributed by atoms with Crippen LogP contribution in [0.4, 0.5) is 5.69 Å². The first-order chi connectivity index (χ1) is 13.2. The standard InChI is InChI=1S/C21H22N4O2/c1-16(26)17-4-6-19(7-5-17)25-11-9-24(10-12-25)15-20-13-21(23-27-20)18-3-2-8-22-14-18/h2-8,13-14H,9-12,15H2,1H3. The van der Waals surface area contributed by atoms with E-state index in [4.69, 9.17) is 4.52 Å². The average Bonchev–Trinajstić information content (AvgIpc) is 3.18. The van der Waals surface area contributed by atoms with Crippen molar-refractivity contribution in [1.29, 1.82) is 0 Å². The first kappa shape index (κ1) is 17.4.